The van der Waals surface area contributed by atoms with Crippen LogP contribution in [0.2, 0.25) is 10.0 Å². The van der Waals surface area contributed by atoms with Crippen LogP contribution in [-0.4, -0.2) is 34.0 Å². The standard InChI is InChI=1S/C26H22BrCl2NO4/c1-26(12-18-5-3-7-21(28)24(18)29)13-19-11-17(8-9-22(19)34-26)25(33)30(15-23(31)32)14-16-4-2-6-20(27)10-16/h2-11H,12-15H2,1H3,(H,31,32)/t26-/m0/s1. The molecule has 1 atom stereocenters. The maximum Gasteiger partial charge on any atom is 0.323 e. The number of carbonyl (C=O) groups excluding carboxylic acids is 1. The van der Waals surface area contributed by atoms with E-state index in [4.69, 9.17) is 27.9 Å². The number of benzene rings is 3. The molecule has 176 valence electrons. The molecule has 0 fully saturated rings. The van der Waals surface area contributed by atoms with Gasteiger partial charge in [0.25, 0.3) is 5.91 Å². The fourth-order valence-corrected chi connectivity index (χ4v) is 5.08. The summed E-state index contributed by atoms with van der Waals surface area (Å²) in [5.74, 6) is -0.718. The lowest BCUT2D eigenvalue weighted by Crippen LogP contribution is -2.35. The molecule has 0 unspecified atom stereocenters. The molecule has 3 aromatic carbocycles. The van der Waals surface area contributed by atoms with E-state index in [0.29, 0.717) is 34.2 Å². The van der Waals surface area contributed by atoms with Crippen molar-refractivity contribution in [2.75, 3.05) is 6.54 Å². The molecule has 0 bridgehead atoms. The molecule has 0 spiro atoms. The van der Waals surface area contributed by atoms with E-state index in [1.807, 2.05) is 43.3 Å². The van der Waals surface area contributed by atoms with Crippen LogP contribution in [0.15, 0.2) is 65.1 Å². The number of amides is 1. The molecule has 3 aromatic rings. The van der Waals surface area contributed by atoms with Crippen LogP contribution in [0.5, 0.6) is 5.75 Å². The summed E-state index contributed by atoms with van der Waals surface area (Å²) in [6.45, 7) is 1.78. The molecule has 1 aliphatic rings. The van der Waals surface area contributed by atoms with Crippen molar-refractivity contribution < 1.29 is 19.4 Å². The average Bonchev–Trinajstić information content (AvgIpc) is 3.10. The molecule has 8 heteroatoms. The summed E-state index contributed by atoms with van der Waals surface area (Å²) in [6.07, 6.45) is 1.13. The first-order valence-corrected chi connectivity index (χ1v) is 12.2. The van der Waals surface area contributed by atoms with Crippen LogP contribution in [-0.2, 0) is 24.2 Å². The summed E-state index contributed by atoms with van der Waals surface area (Å²) in [7, 11) is 0. The van der Waals surface area contributed by atoms with Crippen molar-refractivity contribution in [2.45, 2.75) is 31.9 Å². The molecule has 0 saturated carbocycles. The summed E-state index contributed by atoms with van der Waals surface area (Å²) >= 11 is 16.0. The SMILES string of the molecule is C[C@]1(Cc2cccc(Cl)c2Cl)Cc2cc(C(=O)N(CC(=O)O)Cc3cccc(Br)c3)ccc2O1. The highest BCUT2D eigenvalue weighted by Gasteiger charge is 2.36. The Morgan fingerprint density at radius 3 is 2.62 bits per heavy atom. The fourth-order valence-electron chi connectivity index (χ4n) is 4.24. The maximum atomic E-state index is 13.3. The normalized spacial score (nSPS) is 16.6. The lowest BCUT2D eigenvalue weighted by atomic mass is 9.91. The molecular weight excluding hydrogens is 541 g/mol. The van der Waals surface area contributed by atoms with E-state index in [1.54, 1.807) is 24.3 Å². The predicted molar refractivity (Wildman–Crippen MR) is 136 cm³/mol. The highest BCUT2D eigenvalue weighted by molar-refractivity contribution is 9.10. The number of hydrogen-bond acceptors (Lipinski definition) is 3. The zero-order valence-corrected chi connectivity index (χ0v) is 21.5. The third kappa shape index (κ3) is 5.57. The number of halogens is 3. The van der Waals surface area contributed by atoms with Crippen molar-refractivity contribution >= 4 is 51.0 Å². The highest BCUT2D eigenvalue weighted by Crippen LogP contribution is 2.39. The van der Waals surface area contributed by atoms with E-state index in [1.165, 1.54) is 4.90 Å². The van der Waals surface area contributed by atoms with Gasteiger partial charge in [-0.3, -0.25) is 9.59 Å². The Hall–Kier alpha value is -2.54. The molecule has 1 N–H and O–H groups in total. The van der Waals surface area contributed by atoms with E-state index >= 15 is 0 Å². The van der Waals surface area contributed by atoms with Crippen molar-refractivity contribution in [1.82, 2.24) is 4.90 Å². The summed E-state index contributed by atoms with van der Waals surface area (Å²) < 4.78 is 7.10. The van der Waals surface area contributed by atoms with Gasteiger partial charge in [0, 0.05) is 29.4 Å². The van der Waals surface area contributed by atoms with Crippen LogP contribution in [0.3, 0.4) is 0 Å². The first-order chi connectivity index (χ1) is 16.1. The third-order valence-corrected chi connectivity index (χ3v) is 7.05. The Morgan fingerprint density at radius 2 is 1.88 bits per heavy atom. The van der Waals surface area contributed by atoms with Gasteiger partial charge in [-0.05, 0) is 60.0 Å². The van der Waals surface area contributed by atoms with E-state index < -0.39 is 18.1 Å². The lowest BCUT2D eigenvalue weighted by Gasteiger charge is -2.24. The second-order valence-electron chi connectivity index (χ2n) is 8.63. The minimum absolute atomic E-state index is 0.184. The highest BCUT2D eigenvalue weighted by atomic mass is 79.9. The molecular formula is C26H22BrCl2NO4. The van der Waals surface area contributed by atoms with Gasteiger partial charge in [-0.15, -0.1) is 0 Å². The average molecular weight is 563 g/mol. The van der Waals surface area contributed by atoms with Gasteiger partial charge in [-0.2, -0.15) is 0 Å². The lowest BCUT2D eigenvalue weighted by molar-refractivity contribution is -0.137. The van der Waals surface area contributed by atoms with Crippen LogP contribution >= 0.6 is 39.1 Å². The topological polar surface area (TPSA) is 66.8 Å². The summed E-state index contributed by atoms with van der Waals surface area (Å²) in [5.41, 5.74) is 2.49. The number of aliphatic carboxylic acids is 1. The van der Waals surface area contributed by atoms with Crippen LogP contribution in [0.1, 0.15) is 34.0 Å². The number of carboxylic acid groups (broad SMARTS) is 1. The van der Waals surface area contributed by atoms with E-state index in [-0.39, 0.29) is 12.5 Å². The zero-order chi connectivity index (χ0) is 24.5. The number of rotatable bonds is 7. The van der Waals surface area contributed by atoms with Gasteiger partial charge in [-0.25, -0.2) is 0 Å². The predicted octanol–water partition coefficient (Wildman–Crippen LogP) is 6.42. The van der Waals surface area contributed by atoms with E-state index in [2.05, 4.69) is 15.9 Å². The van der Waals surface area contributed by atoms with E-state index in [0.717, 1.165) is 21.2 Å². The third-order valence-electron chi connectivity index (χ3n) is 5.70. The van der Waals surface area contributed by atoms with Crippen molar-refractivity contribution in [3.63, 3.8) is 0 Å². The second-order valence-corrected chi connectivity index (χ2v) is 10.3. The van der Waals surface area contributed by atoms with Gasteiger partial charge in [0.1, 0.15) is 17.9 Å². The summed E-state index contributed by atoms with van der Waals surface area (Å²) in [6, 6.07) is 18.2. The Labute approximate surface area is 216 Å². The molecule has 34 heavy (non-hydrogen) atoms. The first-order valence-electron chi connectivity index (χ1n) is 10.6. The van der Waals surface area contributed by atoms with Crippen LogP contribution in [0, 0.1) is 0 Å². The largest absolute Gasteiger partial charge is 0.487 e. The molecule has 5 nitrogen and oxygen atoms in total. The Bertz CT molecular complexity index is 1270. The minimum Gasteiger partial charge on any atom is -0.487 e. The molecule has 1 aliphatic heterocycles. The second kappa shape index (κ2) is 9.98. The van der Waals surface area contributed by atoms with Crippen molar-refractivity contribution in [2.24, 2.45) is 0 Å². The number of nitrogens with zero attached hydrogens (tertiary/aromatic N) is 1. The van der Waals surface area contributed by atoms with Crippen LogP contribution in [0.25, 0.3) is 0 Å². The minimum atomic E-state index is -1.07. The van der Waals surface area contributed by atoms with Crippen LogP contribution < -0.4 is 4.74 Å². The van der Waals surface area contributed by atoms with Crippen molar-refractivity contribution in [3.05, 3.63) is 97.4 Å². The number of fused-ring (bicyclic) bond motifs is 1. The quantitative estimate of drug-likeness (QED) is 0.361. The van der Waals surface area contributed by atoms with E-state index in [9.17, 15) is 14.7 Å². The molecule has 0 radical (unpaired) electrons. The van der Waals surface area contributed by atoms with Gasteiger partial charge >= 0.3 is 5.97 Å². The number of ether oxygens (including phenoxy) is 1. The molecule has 0 aromatic heterocycles. The molecule has 0 aliphatic carbocycles. The monoisotopic (exact) mass is 561 g/mol. The first kappa shape index (κ1) is 24.6. The smallest absolute Gasteiger partial charge is 0.323 e. The summed E-state index contributed by atoms with van der Waals surface area (Å²) in [4.78, 5) is 26.1. The fraction of sp³-hybridized carbons (Fsp3) is 0.231. The summed E-state index contributed by atoms with van der Waals surface area (Å²) in [5, 5.41) is 10.4. The van der Waals surface area contributed by atoms with Crippen molar-refractivity contribution in [3.8, 4) is 5.75 Å². The molecule has 0 saturated heterocycles. The van der Waals surface area contributed by atoms with Gasteiger partial charge in [0.15, 0.2) is 0 Å². The van der Waals surface area contributed by atoms with Gasteiger partial charge in [0.05, 0.1) is 10.0 Å². The maximum absolute atomic E-state index is 13.3. The number of carboxylic acids is 1. The van der Waals surface area contributed by atoms with Crippen molar-refractivity contribution in [1.29, 1.82) is 0 Å². The number of hydrogen-bond donors (Lipinski definition) is 1. The van der Waals surface area contributed by atoms with Gasteiger partial charge in [-0.1, -0.05) is 63.4 Å². The molecule has 4 rings (SSSR count). The zero-order valence-electron chi connectivity index (χ0n) is 18.4. The van der Waals surface area contributed by atoms with Gasteiger partial charge in [0.2, 0.25) is 0 Å². The number of carbonyl (C=O) groups is 2. The Morgan fingerprint density at radius 1 is 1.12 bits per heavy atom. The van der Waals surface area contributed by atoms with Crippen LogP contribution in [0.4, 0.5) is 0 Å². The Balaban J connectivity index is 1.55. The molecule has 1 heterocycles. The van der Waals surface area contributed by atoms with Gasteiger partial charge < -0.3 is 14.7 Å². The Kier molecular flexibility index (Phi) is 7.22. The molecule has 1 amide bonds.